The Bertz CT molecular complexity index is 232. The molecule has 1 aliphatic rings. The van der Waals surface area contributed by atoms with Crippen LogP contribution in [0, 0.1) is 5.92 Å². The van der Waals surface area contributed by atoms with Crippen molar-refractivity contribution in [2.24, 2.45) is 5.92 Å². The monoisotopic (exact) mass is 221 g/mol. The molecule has 1 saturated heterocycles. The van der Waals surface area contributed by atoms with Crippen LogP contribution in [0.15, 0.2) is 23.9 Å². The van der Waals surface area contributed by atoms with Gasteiger partial charge < -0.3 is 4.90 Å². The first-order valence-corrected chi connectivity index (χ1v) is 6.89. The van der Waals surface area contributed by atoms with Crippen LogP contribution in [0.4, 0.5) is 0 Å². The van der Waals surface area contributed by atoms with Gasteiger partial charge in [0.05, 0.1) is 0 Å². The summed E-state index contributed by atoms with van der Waals surface area (Å²) in [5.74, 6) is 0.981. The van der Waals surface area contributed by atoms with Gasteiger partial charge in [-0.25, -0.2) is 0 Å². The molecular weight excluding hydrogens is 194 g/mol. The summed E-state index contributed by atoms with van der Waals surface area (Å²) in [6.07, 6.45) is 13.4. The minimum Gasteiger partial charge on any atom is -0.372 e. The van der Waals surface area contributed by atoms with Gasteiger partial charge in [0, 0.05) is 18.8 Å². The SMILES string of the molecule is C/C=C\C(=C/CC)N1CCC(CCC)CC1. The Kier molecular flexibility index (Phi) is 6.29. The summed E-state index contributed by atoms with van der Waals surface area (Å²) in [6, 6.07) is 0. The Balaban J connectivity index is 2.47. The van der Waals surface area contributed by atoms with Crippen molar-refractivity contribution in [2.75, 3.05) is 13.1 Å². The van der Waals surface area contributed by atoms with Crippen LogP contribution in [-0.2, 0) is 0 Å². The van der Waals surface area contributed by atoms with Crippen LogP contribution in [0.3, 0.4) is 0 Å². The molecule has 0 amide bonds. The van der Waals surface area contributed by atoms with Crippen molar-refractivity contribution in [1.82, 2.24) is 4.90 Å². The van der Waals surface area contributed by atoms with Gasteiger partial charge in [0.1, 0.15) is 0 Å². The van der Waals surface area contributed by atoms with E-state index in [1.165, 1.54) is 44.5 Å². The summed E-state index contributed by atoms with van der Waals surface area (Å²) < 4.78 is 0. The molecule has 1 aliphatic heterocycles. The molecule has 0 N–H and O–H groups in total. The summed E-state index contributed by atoms with van der Waals surface area (Å²) in [6.45, 7) is 9.12. The number of rotatable bonds is 5. The van der Waals surface area contributed by atoms with E-state index in [2.05, 4.69) is 43.9 Å². The first-order valence-electron chi connectivity index (χ1n) is 6.89. The Morgan fingerprint density at radius 3 is 2.44 bits per heavy atom. The molecule has 0 aromatic carbocycles. The lowest BCUT2D eigenvalue weighted by Gasteiger charge is -2.34. The summed E-state index contributed by atoms with van der Waals surface area (Å²) in [5.41, 5.74) is 1.43. The fourth-order valence-electron chi connectivity index (χ4n) is 2.57. The average Bonchev–Trinajstić information content (AvgIpc) is 2.30. The first-order chi connectivity index (χ1) is 7.81. The van der Waals surface area contributed by atoms with Gasteiger partial charge in [-0.15, -0.1) is 0 Å². The zero-order chi connectivity index (χ0) is 11.8. The van der Waals surface area contributed by atoms with E-state index in [-0.39, 0.29) is 0 Å². The van der Waals surface area contributed by atoms with Crippen LogP contribution in [0.2, 0.25) is 0 Å². The van der Waals surface area contributed by atoms with Crippen LogP contribution in [0.5, 0.6) is 0 Å². The molecule has 92 valence electrons. The van der Waals surface area contributed by atoms with E-state index in [0.29, 0.717) is 0 Å². The molecule has 0 spiro atoms. The van der Waals surface area contributed by atoms with Gasteiger partial charge in [0.15, 0.2) is 0 Å². The molecule has 0 aromatic rings. The summed E-state index contributed by atoms with van der Waals surface area (Å²) in [4.78, 5) is 2.55. The molecule has 0 aromatic heterocycles. The van der Waals surface area contributed by atoms with Crippen LogP contribution >= 0.6 is 0 Å². The summed E-state index contributed by atoms with van der Waals surface area (Å²) >= 11 is 0. The third kappa shape index (κ3) is 4.03. The molecule has 0 aliphatic carbocycles. The van der Waals surface area contributed by atoms with Gasteiger partial charge in [-0.3, -0.25) is 0 Å². The van der Waals surface area contributed by atoms with E-state index in [4.69, 9.17) is 0 Å². The zero-order valence-corrected chi connectivity index (χ0v) is 11.2. The maximum atomic E-state index is 2.55. The normalized spacial score (nSPS) is 19.7. The van der Waals surface area contributed by atoms with E-state index in [0.717, 1.165) is 12.3 Å². The highest BCUT2D eigenvalue weighted by atomic mass is 15.1. The number of nitrogens with zero attached hydrogens (tertiary/aromatic N) is 1. The molecule has 16 heavy (non-hydrogen) atoms. The highest BCUT2D eigenvalue weighted by Gasteiger charge is 2.18. The highest BCUT2D eigenvalue weighted by Crippen LogP contribution is 2.24. The molecule has 0 bridgehead atoms. The molecule has 0 radical (unpaired) electrons. The number of piperidine rings is 1. The van der Waals surface area contributed by atoms with E-state index in [1.807, 2.05) is 0 Å². The number of hydrogen-bond acceptors (Lipinski definition) is 1. The van der Waals surface area contributed by atoms with Gasteiger partial charge in [0.25, 0.3) is 0 Å². The predicted octanol–water partition coefficient (Wildman–Crippen LogP) is 4.37. The van der Waals surface area contributed by atoms with Crippen LogP contribution in [0.25, 0.3) is 0 Å². The predicted molar refractivity (Wildman–Crippen MR) is 72.4 cm³/mol. The van der Waals surface area contributed by atoms with Crippen LogP contribution < -0.4 is 0 Å². The molecular formula is C15H27N. The molecule has 1 heteroatoms. The van der Waals surface area contributed by atoms with Gasteiger partial charge in [-0.2, -0.15) is 0 Å². The Morgan fingerprint density at radius 1 is 1.25 bits per heavy atom. The van der Waals surface area contributed by atoms with Gasteiger partial charge in [-0.1, -0.05) is 38.8 Å². The molecule has 0 saturated carbocycles. The van der Waals surface area contributed by atoms with Crippen molar-refractivity contribution in [3.8, 4) is 0 Å². The second kappa shape index (κ2) is 7.54. The molecule has 1 heterocycles. The molecule has 1 rings (SSSR count). The molecule has 1 fully saturated rings. The van der Waals surface area contributed by atoms with Crippen molar-refractivity contribution < 1.29 is 0 Å². The van der Waals surface area contributed by atoms with E-state index in [1.54, 1.807) is 0 Å². The van der Waals surface area contributed by atoms with E-state index in [9.17, 15) is 0 Å². The van der Waals surface area contributed by atoms with E-state index < -0.39 is 0 Å². The van der Waals surface area contributed by atoms with E-state index >= 15 is 0 Å². The fraction of sp³-hybridized carbons (Fsp3) is 0.733. The first kappa shape index (κ1) is 13.3. The lowest BCUT2D eigenvalue weighted by Crippen LogP contribution is -2.32. The maximum Gasteiger partial charge on any atom is 0.0322 e. The van der Waals surface area contributed by atoms with Gasteiger partial charge >= 0.3 is 0 Å². The van der Waals surface area contributed by atoms with Crippen molar-refractivity contribution in [3.05, 3.63) is 23.9 Å². The Labute approximate surface area is 101 Å². The second-order valence-corrected chi connectivity index (χ2v) is 4.76. The Morgan fingerprint density at radius 2 is 1.94 bits per heavy atom. The number of hydrogen-bond donors (Lipinski definition) is 0. The van der Waals surface area contributed by atoms with Gasteiger partial charge in [0.2, 0.25) is 0 Å². The zero-order valence-electron chi connectivity index (χ0n) is 11.2. The summed E-state index contributed by atoms with van der Waals surface area (Å²) in [7, 11) is 0. The topological polar surface area (TPSA) is 3.24 Å². The van der Waals surface area contributed by atoms with Crippen LogP contribution in [-0.4, -0.2) is 18.0 Å². The maximum absolute atomic E-state index is 2.55. The minimum absolute atomic E-state index is 0.981. The van der Waals surface area contributed by atoms with Crippen molar-refractivity contribution >= 4 is 0 Å². The number of likely N-dealkylation sites (tertiary alicyclic amines) is 1. The third-order valence-electron chi connectivity index (χ3n) is 3.43. The summed E-state index contributed by atoms with van der Waals surface area (Å²) in [5, 5.41) is 0. The minimum atomic E-state index is 0.981. The second-order valence-electron chi connectivity index (χ2n) is 4.76. The van der Waals surface area contributed by atoms with Crippen LogP contribution in [0.1, 0.15) is 52.9 Å². The average molecular weight is 221 g/mol. The lowest BCUT2D eigenvalue weighted by molar-refractivity contribution is 0.222. The smallest absolute Gasteiger partial charge is 0.0322 e. The largest absolute Gasteiger partial charge is 0.372 e. The van der Waals surface area contributed by atoms with Crippen molar-refractivity contribution in [3.63, 3.8) is 0 Å². The lowest BCUT2D eigenvalue weighted by atomic mass is 9.92. The quantitative estimate of drug-likeness (QED) is 0.623. The fourth-order valence-corrected chi connectivity index (χ4v) is 2.57. The van der Waals surface area contributed by atoms with Gasteiger partial charge in [-0.05, 0) is 38.2 Å². The molecule has 1 nitrogen and oxygen atoms in total. The highest BCUT2D eigenvalue weighted by molar-refractivity contribution is 5.17. The number of allylic oxidation sites excluding steroid dienone is 3. The van der Waals surface area contributed by atoms with Crippen molar-refractivity contribution in [2.45, 2.75) is 52.9 Å². The molecule has 0 unspecified atom stereocenters. The van der Waals surface area contributed by atoms with Crippen molar-refractivity contribution in [1.29, 1.82) is 0 Å². The standard InChI is InChI=1S/C15H27N/c1-4-7-14-10-12-16(13-11-14)15(8-5-2)9-6-3/h5,8-9,14H,4,6-7,10-13H2,1-3H3/b8-5-,15-9+. The molecule has 0 atom stereocenters. The Hall–Kier alpha value is -0.720. The third-order valence-corrected chi connectivity index (χ3v) is 3.43.